The van der Waals surface area contributed by atoms with Crippen LogP contribution in [0.5, 0.6) is 0 Å². The third kappa shape index (κ3) is 2.53. The van der Waals surface area contributed by atoms with Crippen LogP contribution in [0.1, 0.15) is 0 Å². The minimum atomic E-state index is -0.650. The van der Waals surface area contributed by atoms with Crippen LogP contribution in [0.4, 0.5) is 5.13 Å². The first-order valence-electron chi connectivity index (χ1n) is 5.64. The molecular formula is C13H5BrCl2N2O2S. The Bertz CT molecular complexity index is 762. The number of rotatable bonds is 2. The normalized spacial score (nSPS) is 15.3. The molecule has 2 aromatic rings. The highest BCUT2D eigenvalue weighted by Crippen LogP contribution is 2.34. The summed E-state index contributed by atoms with van der Waals surface area (Å²) in [5, 5.41) is 1.46. The van der Waals surface area contributed by atoms with Gasteiger partial charge < -0.3 is 0 Å². The molecule has 2 amide bonds. The molecule has 21 heavy (non-hydrogen) atoms. The fourth-order valence-electron chi connectivity index (χ4n) is 1.77. The molecule has 8 heteroatoms. The second-order valence-corrected chi connectivity index (χ2v) is 6.60. The first-order valence-corrected chi connectivity index (χ1v) is 8.07. The van der Waals surface area contributed by atoms with Crippen molar-refractivity contribution in [1.82, 2.24) is 4.98 Å². The van der Waals surface area contributed by atoms with E-state index < -0.39 is 11.8 Å². The molecule has 0 unspecified atom stereocenters. The van der Waals surface area contributed by atoms with Crippen LogP contribution in [0.15, 0.2) is 44.2 Å². The molecular weight excluding hydrogens is 399 g/mol. The van der Waals surface area contributed by atoms with E-state index >= 15 is 0 Å². The largest absolute Gasteiger partial charge is 0.280 e. The molecule has 0 atom stereocenters. The average molecular weight is 404 g/mol. The first kappa shape index (κ1) is 14.7. The minimum absolute atomic E-state index is 0.247. The maximum absolute atomic E-state index is 11.9. The summed E-state index contributed by atoms with van der Waals surface area (Å²) in [5.74, 6) is -1.30. The lowest BCUT2D eigenvalue weighted by Gasteiger charge is -2.09. The summed E-state index contributed by atoms with van der Waals surface area (Å²) in [6, 6.07) is 7.54. The number of thiazole rings is 1. The Hall–Kier alpha value is -1.21. The molecule has 0 radical (unpaired) electrons. The van der Waals surface area contributed by atoms with E-state index in [1.165, 1.54) is 11.3 Å². The number of hydrogen-bond acceptors (Lipinski definition) is 4. The van der Waals surface area contributed by atoms with E-state index in [4.69, 9.17) is 23.2 Å². The molecule has 106 valence electrons. The van der Waals surface area contributed by atoms with Gasteiger partial charge in [0.05, 0.1) is 5.69 Å². The molecule has 0 bridgehead atoms. The van der Waals surface area contributed by atoms with Crippen molar-refractivity contribution in [1.29, 1.82) is 0 Å². The topological polar surface area (TPSA) is 50.3 Å². The monoisotopic (exact) mass is 402 g/mol. The van der Waals surface area contributed by atoms with Gasteiger partial charge in [0, 0.05) is 15.4 Å². The van der Waals surface area contributed by atoms with Crippen molar-refractivity contribution in [2.75, 3.05) is 4.90 Å². The van der Waals surface area contributed by atoms with Crippen molar-refractivity contribution >= 4 is 67.4 Å². The van der Waals surface area contributed by atoms with Crippen molar-refractivity contribution in [2.24, 2.45) is 0 Å². The zero-order valence-electron chi connectivity index (χ0n) is 10.1. The quantitative estimate of drug-likeness (QED) is 0.708. The Kier molecular flexibility index (Phi) is 3.88. The SMILES string of the molecule is O=C1C(Cl)=C(Cl)C(=O)N1c1nc(-c2ccc(Br)cc2)cs1. The summed E-state index contributed by atoms with van der Waals surface area (Å²) < 4.78 is 0.953. The second kappa shape index (κ2) is 5.53. The zero-order valence-corrected chi connectivity index (χ0v) is 14.1. The molecule has 0 N–H and O–H groups in total. The standard InChI is InChI=1S/C13H5BrCl2N2O2S/c14-7-3-1-6(2-4-7)8-5-21-13(17-8)18-11(19)9(15)10(16)12(18)20/h1-5H. The van der Waals surface area contributed by atoms with E-state index in [1.54, 1.807) is 5.38 Å². The van der Waals surface area contributed by atoms with Crippen molar-refractivity contribution in [3.63, 3.8) is 0 Å². The number of nitrogens with zero attached hydrogens (tertiary/aromatic N) is 2. The molecule has 4 nitrogen and oxygen atoms in total. The minimum Gasteiger partial charge on any atom is -0.267 e. The molecule has 3 rings (SSSR count). The van der Waals surface area contributed by atoms with Crippen LogP contribution in [0.25, 0.3) is 11.3 Å². The summed E-state index contributed by atoms with van der Waals surface area (Å²) in [6.07, 6.45) is 0. The highest BCUT2D eigenvalue weighted by molar-refractivity contribution is 9.10. The lowest BCUT2D eigenvalue weighted by atomic mass is 10.2. The number of amides is 2. The number of aromatic nitrogens is 1. The van der Waals surface area contributed by atoms with Gasteiger partial charge in [0.15, 0.2) is 5.13 Å². The van der Waals surface area contributed by atoms with Gasteiger partial charge in [-0.15, -0.1) is 11.3 Å². The smallest absolute Gasteiger partial charge is 0.267 e. The van der Waals surface area contributed by atoms with Gasteiger partial charge in [0.1, 0.15) is 10.1 Å². The van der Waals surface area contributed by atoms with Gasteiger partial charge in [-0.25, -0.2) is 9.88 Å². The number of halogens is 3. The number of carbonyl (C=O) groups excluding carboxylic acids is 2. The van der Waals surface area contributed by atoms with Gasteiger partial charge in [0.2, 0.25) is 0 Å². The van der Waals surface area contributed by atoms with E-state index in [0.717, 1.165) is 14.9 Å². The molecule has 0 fully saturated rings. The van der Waals surface area contributed by atoms with E-state index in [-0.39, 0.29) is 15.2 Å². The second-order valence-electron chi connectivity index (χ2n) is 4.10. The molecule has 1 aromatic carbocycles. The van der Waals surface area contributed by atoms with Gasteiger partial charge in [-0.1, -0.05) is 51.3 Å². The number of carbonyl (C=O) groups is 2. The van der Waals surface area contributed by atoms with Gasteiger partial charge >= 0.3 is 0 Å². The van der Waals surface area contributed by atoms with Crippen LogP contribution >= 0.6 is 50.5 Å². The molecule has 2 heterocycles. The highest BCUT2D eigenvalue weighted by atomic mass is 79.9. The van der Waals surface area contributed by atoms with Gasteiger partial charge in [-0.2, -0.15) is 0 Å². The van der Waals surface area contributed by atoms with Gasteiger partial charge in [-0.05, 0) is 12.1 Å². The maximum atomic E-state index is 11.9. The van der Waals surface area contributed by atoms with Crippen molar-refractivity contribution in [3.05, 3.63) is 44.2 Å². The molecule has 0 saturated carbocycles. The lowest BCUT2D eigenvalue weighted by Crippen LogP contribution is -2.30. The third-order valence-corrected chi connectivity index (χ3v) is 4.95. The van der Waals surface area contributed by atoms with Crippen molar-refractivity contribution < 1.29 is 9.59 Å². The van der Waals surface area contributed by atoms with Crippen LogP contribution in [-0.2, 0) is 9.59 Å². The lowest BCUT2D eigenvalue weighted by molar-refractivity contribution is -0.120. The van der Waals surface area contributed by atoms with Crippen LogP contribution in [0.2, 0.25) is 0 Å². The summed E-state index contributed by atoms with van der Waals surface area (Å²) in [4.78, 5) is 29.0. The Morgan fingerprint density at radius 3 is 2.19 bits per heavy atom. The Balaban J connectivity index is 1.95. The van der Waals surface area contributed by atoms with Crippen LogP contribution in [0.3, 0.4) is 0 Å². The Morgan fingerprint density at radius 1 is 1.05 bits per heavy atom. The highest BCUT2D eigenvalue weighted by Gasteiger charge is 2.39. The zero-order chi connectivity index (χ0) is 15.1. The summed E-state index contributed by atoms with van der Waals surface area (Å²) in [6.45, 7) is 0. The summed E-state index contributed by atoms with van der Waals surface area (Å²) in [7, 11) is 0. The van der Waals surface area contributed by atoms with E-state index in [2.05, 4.69) is 20.9 Å². The number of imide groups is 1. The predicted molar refractivity (Wildman–Crippen MR) is 86.5 cm³/mol. The van der Waals surface area contributed by atoms with Crippen molar-refractivity contribution in [3.8, 4) is 11.3 Å². The van der Waals surface area contributed by atoms with Crippen LogP contribution in [0, 0.1) is 0 Å². The molecule has 0 saturated heterocycles. The Morgan fingerprint density at radius 2 is 1.62 bits per heavy atom. The third-order valence-electron chi connectivity index (χ3n) is 2.80. The molecule has 1 aliphatic heterocycles. The fourth-order valence-corrected chi connectivity index (χ4v) is 3.19. The number of anilines is 1. The average Bonchev–Trinajstić information content (AvgIpc) is 3.01. The molecule has 1 aromatic heterocycles. The van der Waals surface area contributed by atoms with Crippen molar-refractivity contribution in [2.45, 2.75) is 0 Å². The Labute approximate surface area is 142 Å². The summed E-state index contributed by atoms with van der Waals surface area (Å²) in [5.41, 5.74) is 1.55. The number of benzene rings is 1. The predicted octanol–water partition coefficient (Wildman–Crippen LogP) is 4.14. The van der Waals surface area contributed by atoms with Crippen LogP contribution in [-0.4, -0.2) is 16.8 Å². The number of hydrogen-bond donors (Lipinski definition) is 0. The molecule has 0 aliphatic carbocycles. The molecule has 0 spiro atoms. The van der Waals surface area contributed by atoms with Gasteiger partial charge in [0.25, 0.3) is 11.8 Å². The van der Waals surface area contributed by atoms with Crippen LogP contribution < -0.4 is 4.90 Å². The maximum Gasteiger partial charge on any atom is 0.280 e. The first-order chi connectivity index (χ1) is 9.99. The van der Waals surface area contributed by atoms with Gasteiger partial charge in [-0.3, -0.25) is 9.59 Å². The van der Waals surface area contributed by atoms with E-state index in [1.807, 2.05) is 24.3 Å². The summed E-state index contributed by atoms with van der Waals surface area (Å²) >= 11 is 15.9. The van der Waals surface area contributed by atoms with E-state index in [0.29, 0.717) is 5.69 Å². The fraction of sp³-hybridized carbons (Fsp3) is 0. The van der Waals surface area contributed by atoms with E-state index in [9.17, 15) is 9.59 Å². The molecule has 1 aliphatic rings.